The summed E-state index contributed by atoms with van der Waals surface area (Å²) in [4.78, 5) is 4.66. The van der Waals surface area contributed by atoms with Crippen LogP contribution < -0.4 is 10.6 Å². The van der Waals surface area contributed by atoms with Crippen LogP contribution in [0, 0.1) is 0 Å². The van der Waals surface area contributed by atoms with Crippen LogP contribution in [0.4, 0.5) is 0 Å². The number of guanidine groups is 1. The van der Waals surface area contributed by atoms with E-state index in [0.29, 0.717) is 6.54 Å². The van der Waals surface area contributed by atoms with Gasteiger partial charge >= 0.3 is 0 Å². The topological polar surface area (TPSA) is 72.1 Å². The molecule has 0 saturated carbocycles. The number of hydrogen-bond acceptors (Lipinski definition) is 3. The van der Waals surface area contributed by atoms with E-state index in [1.54, 1.807) is 6.20 Å². The molecular weight excluding hydrogens is 338 g/mol. The van der Waals surface area contributed by atoms with E-state index >= 15 is 0 Å². The Balaban J connectivity index is 1.47. The monoisotopic (exact) mass is 365 g/mol. The highest BCUT2D eigenvalue weighted by molar-refractivity contribution is 5.79. The molecule has 0 bridgehead atoms. The fourth-order valence-corrected chi connectivity index (χ4v) is 2.74. The Morgan fingerprint density at radius 2 is 1.93 bits per heavy atom. The average molecular weight is 365 g/mol. The molecule has 3 aromatic rings. The van der Waals surface area contributed by atoms with Crippen molar-refractivity contribution in [1.82, 2.24) is 30.2 Å². The molecule has 0 radical (unpaired) electrons. The molecule has 27 heavy (non-hydrogen) atoms. The van der Waals surface area contributed by atoms with Crippen molar-refractivity contribution in [1.29, 1.82) is 0 Å². The van der Waals surface area contributed by atoms with E-state index in [1.807, 2.05) is 46.0 Å². The Kier molecular flexibility index (Phi) is 7.03. The Morgan fingerprint density at radius 3 is 2.70 bits per heavy atom. The minimum Gasteiger partial charge on any atom is -0.357 e. The number of aryl methyl sites for hydroxylation is 1. The summed E-state index contributed by atoms with van der Waals surface area (Å²) in [7, 11) is 0. The number of aliphatic imine (C=N–C) groups is 1. The largest absolute Gasteiger partial charge is 0.357 e. The fourth-order valence-electron chi connectivity index (χ4n) is 2.74. The molecule has 0 aliphatic rings. The molecule has 0 aliphatic heterocycles. The lowest BCUT2D eigenvalue weighted by Gasteiger charge is -2.11. The van der Waals surface area contributed by atoms with Gasteiger partial charge in [0.15, 0.2) is 5.96 Å². The number of nitrogens with zero attached hydrogens (tertiary/aromatic N) is 5. The van der Waals surface area contributed by atoms with E-state index in [-0.39, 0.29) is 0 Å². The summed E-state index contributed by atoms with van der Waals surface area (Å²) in [5, 5.41) is 15.3. The zero-order chi connectivity index (χ0) is 18.7. The standard InChI is InChI=1S/C20H27N7/c1-2-21-20(22-10-6-12-26-13-7-11-24-26)23-14-19-15-25-27(17-19)16-18-8-4-3-5-9-18/h3-5,7-9,11,13,15,17H,2,6,10,12,14,16H2,1H3,(H2,21,22,23). The predicted molar refractivity (Wildman–Crippen MR) is 107 cm³/mol. The van der Waals surface area contributed by atoms with E-state index in [1.165, 1.54) is 5.56 Å². The molecule has 0 unspecified atom stereocenters. The highest BCUT2D eigenvalue weighted by Crippen LogP contribution is 2.05. The second kappa shape index (κ2) is 10.2. The molecule has 142 valence electrons. The molecule has 0 aliphatic carbocycles. The highest BCUT2D eigenvalue weighted by Gasteiger charge is 2.01. The first-order valence-corrected chi connectivity index (χ1v) is 9.38. The van der Waals surface area contributed by atoms with Crippen LogP contribution in [0.25, 0.3) is 0 Å². The van der Waals surface area contributed by atoms with Gasteiger partial charge in [-0.25, -0.2) is 4.99 Å². The van der Waals surface area contributed by atoms with E-state index in [4.69, 9.17) is 0 Å². The van der Waals surface area contributed by atoms with Crippen LogP contribution in [0.2, 0.25) is 0 Å². The number of nitrogens with one attached hydrogen (secondary N) is 2. The van der Waals surface area contributed by atoms with Crippen LogP contribution >= 0.6 is 0 Å². The van der Waals surface area contributed by atoms with E-state index < -0.39 is 0 Å². The van der Waals surface area contributed by atoms with Gasteiger partial charge < -0.3 is 10.6 Å². The molecule has 7 heteroatoms. The average Bonchev–Trinajstić information content (AvgIpc) is 3.36. The van der Waals surface area contributed by atoms with Gasteiger partial charge in [-0.3, -0.25) is 9.36 Å². The zero-order valence-electron chi connectivity index (χ0n) is 15.8. The van der Waals surface area contributed by atoms with Crippen LogP contribution in [-0.4, -0.2) is 38.6 Å². The first-order chi connectivity index (χ1) is 13.3. The number of benzene rings is 1. The summed E-state index contributed by atoms with van der Waals surface area (Å²) in [6, 6.07) is 12.3. The first kappa shape index (κ1) is 18.7. The Morgan fingerprint density at radius 1 is 1.04 bits per heavy atom. The molecule has 0 fully saturated rings. The van der Waals surface area contributed by atoms with Gasteiger partial charge in [0.25, 0.3) is 0 Å². The maximum absolute atomic E-state index is 4.66. The van der Waals surface area contributed by atoms with E-state index in [0.717, 1.165) is 44.1 Å². The lowest BCUT2D eigenvalue weighted by molar-refractivity contribution is 0.570. The maximum atomic E-state index is 4.66. The van der Waals surface area contributed by atoms with Crippen LogP contribution in [0.1, 0.15) is 24.5 Å². The summed E-state index contributed by atoms with van der Waals surface area (Å²) >= 11 is 0. The minimum absolute atomic E-state index is 0.600. The smallest absolute Gasteiger partial charge is 0.191 e. The minimum atomic E-state index is 0.600. The molecular formula is C20H27N7. The van der Waals surface area contributed by atoms with Crippen molar-refractivity contribution in [2.75, 3.05) is 13.1 Å². The lowest BCUT2D eigenvalue weighted by atomic mass is 10.2. The van der Waals surface area contributed by atoms with Crippen LogP contribution in [0.3, 0.4) is 0 Å². The molecule has 1 aromatic carbocycles. The molecule has 0 atom stereocenters. The fraction of sp³-hybridized carbons (Fsp3) is 0.350. The number of hydrogen-bond donors (Lipinski definition) is 2. The van der Waals surface area contributed by atoms with Gasteiger partial charge in [-0.05, 0) is 25.0 Å². The van der Waals surface area contributed by atoms with Gasteiger partial charge in [-0.1, -0.05) is 30.3 Å². The number of aromatic nitrogens is 4. The third-order valence-corrected chi connectivity index (χ3v) is 4.05. The molecule has 2 aromatic heterocycles. The van der Waals surface area contributed by atoms with E-state index in [9.17, 15) is 0 Å². The van der Waals surface area contributed by atoms with Crippen molar-refractivity contribution in [2.45, 2.75) is 33.0 Å². The molecule has 3 rings (SSSR count). The van der Waals surface area contributed by atoms with Crippen molar-refractivity contribution in [3.05, 3.63) is 72.3 Å². The van der Waals surface area contributed by atoms with Gasteiger partial charge in [0.05, 0.1) is 19.3 Å². The summed E-state index contributed by atoms with van der Waals surface area (Å²) < 4.78 is 3.89. The normalized spacial score (nSPS) is 11.5. The molecule has 2 heterocycles. The number of rotatable bonds is 9. The van der Waals surface area contributed by atoms with Gasteiger partial charge in [-0.15, -0.1) is 0 Å². The highest BCUT2D eigenvalue weighted by atomic mass is 15.3. The van der Waals surface area contributed by atoms with Gasteiger partial charge in [0, 0.05) is 43.8 Å². The van der Waals surface area contributed by atoms with E-state index in [2.05, 4.69) is 51.1 Å². The van der Waals surface area contributed by atoms with Gasteiger partial charge in [-0.2, -0.15) is 10.2 Å². The maximum Gasteiger partial charge on any atom is 0.191 e. The second-order valence-corrected chi connectivity index (χ2v) is 6.28. The summed E-state index contributed by atoms with van der Waals surface area (Å²) in [5.74, 6) is 0.828. The third kappa shape index (κ3) is 6.29. The summed E-state index contributed by atoms with van der Waals surface area (Å²) in [6.07, 6.45) is 8.70. The molecule has 0 saturated heterocycles. The van der Waals surface area contributed by atoms with Crippen molar-refractivity contribution in [2.24, 2.45) is 4.99 Å². The first-order valence-electron chi connectivity index (χ1n) is 9.38. The summed E-state index contributed by atoms with van der Waals surface area (Å²) in [5.41, 5.74) is 2.34. The van der Waals surface area contributed by atoms with Crippen molar-refractivity contribution >= 4 is 5.96 Å². The van der Waals surface area contributed by atoms with Crippen LogP contribution in [-0.2, 0) is 19.6 Å². The zero-order valence-corrected chi connectivity index (χ0v) is 15.8. The molecule has 0 amide bonds. The van der Waals surface area contributed by atoms with Crippen LogP contribution in [0.5, 0.6) is 0 Å². The Bertz CT molecular complexity index is 806. The quantitative estimate of drug-likeness (QED) is 0.347. The lowest BCUT2D eigenvalue weighted by Crippen LogP contribution is -2.38. The second-order valence-electron chi connectivity index (χ2n) is 6.28. The Hall–Kier alpha value is -3.09. The van der Waals surface area contributed by atoms with Crippen molar-refractivity contribution in [3.63, 3.8) is 0 Å². The van der Waals surface area contributed by atoms with Crippen LogP contribution in [0.15, 0.2) is 66.2 Å². The molecule has 2 N–H and O–H groups in total. The third-order valence-electron chi connectivity index (χ3n) is 4.05. The summed E-state index contributed by atoms with van der Waals surface area (Å²) in [6.45, 7) is 6.02. The SMILES string of the molecule is CCNC(=NCc1cnn(Cc2ccccc2)c1)NCCCn1cccn1. The van der Waals surface area contributed by atoms with Gasteiger partial charge in [0.2, 0.25) is 0 Å². The molecule has 7 nitrogen and oxygen atoms in total. The Labute approximate surface area is 160 Å². The van der Waals surface area contributed by atoms with Crippen molar-refractivity contribution in [3.8, 4) is 0 Å². The van der Waals surface area contributed by atoms with Gasteiger partial charge in [0.1, 0.15) is 0 Å². The van der Waals surface area contributed by atoms with Crippen molar-refractivity contribution < 1.29 is 0 Å². The predicted octanol–water partition coefficient (Wildman–Crippen LogP) is 2.27. The molecule has 0 spiro atoms.